The van der Waals surface area contributed by atoms with Crippen LogP contribution in [0.2, 0.25) is 0 Å². The Morgan fingerprint density at radius 3 is 2.52 bits per heavy atom. The highest BCUT2D eigenvalue weighted by molar-refractivity contribution is 7.89. The van der Waals surface area contributed by atoms with Crippen molar-refractivity contribution in [3.63, 3.8) is 0 Å². The number of nitro groups is 1. The van der Waals surface area contributed by atoms with Crippen LogP contribution < -0.4 is 15.4 Å². The van der Waals surface area contributed by atoms with Gasteiger partial charge in [-0.2, -0.15) is 0 Å². The molecule has 21 heavy (non-hydrogen) atoms. The number of nitrogens with zero attached hydrogens (tertiary/aromatic N) is 1. The number of carbonyl (C=O) groups excluding carboxylic acids is 1. The van der Waals surface area contributed by atoms with Gasteiger partial charge in [-0.05, 0) is 12.1 Å². The fraction of sp³-hybridized carbons (Fsp3) is 0.364. The van der Waals surface area contributed by atoms with Gasteiger partial charge < -0.3 is 10.6 Å². The van der Waals surface area contributed by atoms with Crippen LogP contribution in [0.5, 0.6) is 0 Å². The first kappa shape index (κ1) is 16.9. The highest BCUT2D eigenvalue weighted by Gasteiger charge is 2.20. The van der Waals surface area contributed by atoms with E-state index in [2.05, 4.69) is 15.4 Å². The number of carbonyl (C=O) groups is 1. The van der Waals surface area contributed by atoms with Crippen molar-refractivity contribution in [3.05, 3.63) is 28.3 Å². The van der Waals surface area contributed by atoms with E-state index < -0.39 is 14.9 Å². The average Bonchev–Trinajstić information content (AvgIpc) is 2.42. The summed E-state index contributed by atoms with van der Waals surface area (Å²) in [5, 5.41) is 15.9. The maximum absolute atomic E-state index is 12.0. The minimum absolute atomic E-state index is 0.0104. The van der Waals surface area contributed by atoms with Crippen LogP contribution >= 0.6 is 0 Å². The molecule has 1 aromatic carbocycles. The van der Waals surface area contributed by atoms with Gasteiger partial charge in [-0.1, -0.05) is 0 Å². The summed E-state index contributed by atoms with van der Waals surface area (Å²) in [5.74, 6) is -0.275. The molecule has 0 radical (unpaired) electrons. The lowest BCUT2D eigenvalue weighted by Crippen LogP contribution is -2.33. The molecular formula is C11H16N4O5S. The molecule has 3 N–H and O–H groups in total. The summed E-state index contributed by atoms with van der Waals surface area (Å²) >= 11 is 0. The molecule has 0 aliphatic carbocycles. The van der Waals surface area contributed by atoms with E-state index in [9.17, 15) is 23.3 Å². The first-order valence-electron chi connectivity index (χ1n) is 5.98. The van der Waals surface area contributed by atoms with Gasteiger partial charge in [0.15, 0.2) is 0 Å². The maximum atomic E-state index is 12.0. The standard InChI is InChI=1S/C11H16N4O5S/c1-8(16)13-5-6-14-21(19,20)9-3-4-10(12-2)11(7-9)15(17)18/h3-4,7,12,14H,5-6H2,1-2H3,(H,13,16). The van der Waals surface area contributed by atoms with Crippen LogP contribution in [0.4, 0.5) is 11.4 Å². The largest absolute Gasteiger partial charge is 0.383 e. The predicted molar refractivity (Wildman–Crippen MR) is 76.5 cm³/mol. The Morgan fingerprint density at radius 2 is 2.00 bits per heavy atom. The number of anilines is 1. The fourth-order valence-corrected chi connectivity index (χ4v) is 2.60. The lowest BCUT2D eigenvalue weighted by molar-refractivity contribution is -0.384. The van der Waals surface area contributed by atoms with Crippen LogP contribution in [0.3, 0.4) is 0 Å². The minimum atomic E-state index is -3.87. The molecule has 0 aliphatic rings. The number of sulfonamides is 1. The van der Waals surface area contributed by atoms with E-state index in [1.807, 2.05) is 0 Å². The van der Waals surface area contributed by atoms with Gasteiger partial charge in [-0.3, -0.25) is 14.9 Å². The zero-order chi connectivity index (χ0) is 16.0. The van der Waals surface area contributed by atoms with Crippen molar-refractivity contribution in [1.82, 2.24) is 10.0 Å². The van der Waals surface area contributed by atoms with Crippen LogP contribution in [-0.2, 0) is 14.8 Å². The summed E-state index contributed by atoms with van der Waals surface area (Å²) in [5.41, 5.74) is -0.112. The lowest BCUT2D eigenvalue weighted by atomic mass is 10.3. The van der Waals surface area contributed by atoms with Gasteiger partial charge in [-0.25, -0.2) is 13.1 Å². The van der Waals surface area contributed by atoms with Crippen molar-refractivity contribution < 1.29 is 18.1 Å². The number of nitrogens with one attached hydrogen (secondary N) is 3. The fourth-order valence-electron chi connectivity index (χ4n) is 1.55. The third-order valence-corrected chi connectivity index (χ3v) is 4.00. The zero-order valence-corrected chi connectivity index (χ0v) is 12.4. The Morgan fingerprint density at radius 1 is 1.33 bits per heavy atom. The molecule has 0 heterocycles. The van der Waals surface area contributed by atoms with E-state index in [4.69, 9.17) is 0 Å². The average molecular weight is 316 g/mol. The van der Waals surface area contributed by atoms with Gasteiger partial charge in [0.05, 0.1) is 9.82 Å². The molecule has 0 atom stereocenters. The first-order chi connectivity index (χ1) is 9.77. The zero-order valence-electron chi connectivity index (χ0n) is 11.5. The van der Waals surface area contributed by atoms with Crippen LogP contribution in [-0.4, -0.2) is 39.4 Å². The summed E-state index contributed by atoms with van der Waals surface area (Å²) in [6.45, 7) is 1.43. The molecule has 9 nitrogen and oxygen atoms in total. The second-order valence-corrected chi connectivity index (χ2v) is 5.83. The predicted octanol–water partition coefficient (Wildman–Crippen LogP) is 0.0509. The van der Waals surface area contributed by atoms with Crippen molar-refractivity contribution >= 4 is 27.3 Å². The number of nitro benzene ring substituents is 1. The highest BCUT2D eigenvalue weighted by atomic mass is 32.2. The molecule has 0 aliphatic heterocycles. The van der Waals surface area contributed by atoms with Crippen molar-refractivity contribution in [1.29, 1.82) is 0 Å². The van der Waals surface area contributed by atoms with Gasteiger partial charge in [0.1, 0.15) is 5.69 Å². The van der Waals surface area contributed by atoms with Crippen LogP contribution in [0.25, 0.3) is 0 Å². The number of hydrogen-bond donors (Lipinski definition) is 3. The van der Waals surface area contributed by atoms with E-state index >= 15 is 0 Å². The van der Waals surface area contributed by atoms with E-state index in [-0.39, 0.29) is 35.3 Å². The third kappa shape index (κ3) is 4.68. The number of benzene rings is 1. The Labute approximate surface area is 121 Å². The molecule has 116 valence electrons. The molecule has 1 amide bonds. The molecule has 0 spiro atoms. The molecule has 0 saturated carbocycles. The summed E-state index contributed by atoms with van der Waals surface area (Å²) in [6, 6.07) is 3.56. The lowest BCUT2D eigenvalue weighted by Gasteiger charge is -2.08. The van der Waals surface area contributed by atoms with Gasteiger partial charge in [-0.15, -0.1) is 0 Å². The van der Waals surface area contributed by atoms with Crippen LogP contribution in [0.15, 0.2) is 23.1 Å². The first-order valence-corrected chi connectivity index (χ1v) is 7.46. The normalized spacial score (nSPS) is 11.0. The number of hydrogen-bond acceptors (Lipinski definition) is 6. The second kappa shape index (κ2) is 6.99. The molecule has 1 aromatic rings. The smallest absolute Gasteiger partial charge is 0.293 e. The Kier molecular flexibility index (Phi) is 5.61. The molecule has 0 aromatic heterocycles. The quantitative estimate of drug-likeness (QED) is 0.370. The van der Waals surface area contributed by atoms with Crippen molar-refractivity contribution in [3.8, 4) is 0 Å². The molecule has 0 bridgehead atoms. The Balaban J connectivity index is 2.90. The van der Waals surface area contributed by atoms with Crippen molar-refractivity contribution in [2.75, 3.05) is 25.5 Å². The van der Waals surface area contributed by atoms with Crippen LogP contribution in [0.1, 0.15) is 6.92 Å². The Bertz CT molecular complexity index is 644. The van der Waals surface area contributed by atoms with Gasteiger partial charge in [0.25, 0.3) is 5.69 Å². The molecule has 10 heteroatoms. The van der Waals surface area contributed by atoms with Crippen LogP contribution in [0, 0.1) is 10.1 Å². The van der Waals surface area contributed by atoms with Crippen molar-refractivity contribution in [2.24, 2.45) is 0 Å². The summed E-state index contributed by atoms with van der Waals surface area (Å²) in [7, 11) is -2.37. The third-order valence-electron chi connectivity index (χ3n) is 2.54. The van der Waals surface area contributed by atoms with Gasteiger partial charge >= 0.3 is 0 Å². The van der Waals surface area contributed by atoms with Gasteiger partial charge in [0.2, 0.25) is 15.9 Å². The highest BCUT2D eigenvalue weighted by Crippen LogP contribution is 2.26. The summed E-state index contributed by atoms with van der Waals surface area (Å²) in [4.78, 5) is 20.7. The summed E-state index contributed by atoms with van der Waals surface area (Å²) < 4.78 is 26.2. The molecule has 0 saturated heterocycles. The molecular weight excluding hydrogens is 300 g/mol. The van der Waals surface area contributed by atoms with E-state index in [0.717, 1.165) is 6.07 Å². The SMILES string of the molecule is CNc1ccc(S(=O)(=O)NCCNC(C)=O)cc1[N+](=O)[O-]. The molecule has 0 unspecified atom stereocenters. The maximum Gasteiger partial charge on any atom is 0.293 e. The van der Waals surface area contributed by atoms with Gasteiger partial charge in [0, 0.05) is 33.1 Å². The van der Waals surface area contributed by atoms with E-state index in [1.54, 1.807) is 0 Å². The van der Waals surface area contributed by atoms with Crippen molar-refractivity contribution in [2.45, 2.75) is 11.8 Å². The molecule has 0 fully saturated rings. The Hall–Kier alpha value is -2.20. The summed E-state index contributed by atoms with van der Waals surface area (Å²) in [6.07, 6.45) is 0. The van der Waals surface area contributed by atoms with E-state index in [1.165, 1.54) is 26.1 Å². The topological polar surface area (TPSA) is 130 Å². The monoisotopic (exact) mass is 316 g/mol. The second-order valence-electron chi connectivity index (χ2n) is 4.07. The number of amides is 1. The molecule has 1 rings (SSSR count). The minimum Gasteiger partial charge on any atom is -0.383 e. The number of rotatable bonds is 7. The van der Waals surface area contributed by atoms with E-state index in [0.29, 0.717) is 0 Å².